The lowest BCUT2D eigenvalue weighted by molar-refractivity contribution is -0.138. The fraction of sp³-hybridized carbons (Fsp3) is 0.312. The third kappa shape index (κ3) is 5.25. The summed E-state index contributed by atoms with van der Waals surface area (Å²) in [6.07, 6.45) is 1.72. The molecule has 1 amide bonds. The first-order chi connectivity index (χ1) is 20.8. The fourth-order valence-corrected chi connectivity index (χ4v) is 6.30. The van der Waals surface area contributed by atoms with E-state index in [1.54, 1.807) is 33.1 Å². The van der Waals surface area contributed by atoms with E-state index in [2.05, 4.69) is 40.0 Å². The summed E-state index contributed by atoms with van der Waals surface area (Å²) in [5.41, 5.74) is 3.91. The van der Waals surface area contributed by atoms with E-state index in [1.165, 1.54) is 17.0 Å². The molecule has 1 aliphatic heterocycles. The number of amides is 1. The number of carbonyl (C=O) groups excluding carboxylic acids is 1. The molecule has 3 aromatic heterocycles. The van der Waals surface area contributed by atoms with Crippen molar-refractivity contribution in [3.8, 4) is 11.4 Å². The summed E-state index contributed by atoms with van der Waals surface area (Å²) < 4.78 is 45.8. The van der Waals surface area contributed by atoms with Crippen LogP contribution in [0.25, 0.3) is 17.0 Å². The maximum absolute atomic E-state index is 14.3. The van der Waals surface area contributed by atoms with Gasteiger partial charge in [-0.25, -0.2) is 9.20 Å². The van der Waals surface area contributed by atoms with Crippen molar-refractivity contribution < 1.29 is 18.0 Å². The van der Waals surface area contributed by atoms with Gasteiger partial charge in [0.1, 0.15) is 5.65 Å². The molecule has 0 saturated carbocycles. The molecule has 0 saturated heterocycles. The highest BCUT2D eigenvalue weighted by Crippen LogP contribution is 2.36. The Morgan fingerprint density at radius 3 is 2.41 bits per heavy atom. The molecule has 0 unspecified atom stereocenters. The Bertz CT molecular complexity index is 1960. The molecule has 0 bridgehead atoms. The Hall–Kier alpha value is -4.19. The number of aromatic nitrogens is 5. The van der Waals surface area contributed by atoms with Crippen LogP contribution in [0, 0.1) is 12.8 Å². The predicted octanol–water partition coefficient (Wildman–Crippen LogP) is 6.55. The number of rotatable bonds is 5. The van der Waals surface area contributed by atoms with Crippen molar-refractivity contribution in [1.82, 2.24) is 28.9 Å². The van der Waals surface area contributed by atoms with Crippen molar-refractivity contribution in [2.24, 2.45) is 5.92 Å². The van der Waals surface area contributed by atoms with Crippen LogP contribution in [0.3, 0.4) is 0 Å². The van der Waals surface area contributed by atoms with E-state index in [9.17, 15) is 22.8 Å². The first kappa shape index (κ1) is 29.9. The van der Waals surface area contributed by atoms with Crippen LogP contribution < -0.4 is 5.56 Å². The second kappa shape index (κ2) is 11.1. The molecule has 44 heavy (non-hydrogen) atoms. The minimum atomic E-state index is -4.62. The van der Waals surface area contributed by atoms with Gasteiger partial charge in [-0.2, -0.15) is 23.4 Å². The van der Waals surface area contributed by atoms with E-state index in [0.717, 1.165) is 22.9 Å². The zero-order chi connectivity index (χ0) is 31.5. The van der Waals surface area contributed by atoms with Crippen molar-refractivity contribution in [1.29, 1.82) is 0 Å². The number of alkyl halides is 3. The lowest BCUT2D eigenvalue weighted by atomic mass is 9.97. The van der Waals surface area contributed by atoms with Crippen molar-refractivity contribution in [3.05, 3.63) is 109 Å². The quantitative estimate of drug-likeness (QED) is 0.213. The topological polar surface area (TPSA) is 77.4 Å². The molecule has 0 spiro atoms. The Kier molecular flexibility index (Phi) is 7.51. The summed E-state index contributed by atoms with van der Waals surface area (Å²) in [6, 6.07) is 10.6. The van der Waals surface area contributed by atoms with Crippen molar-refractivity contribution in [2.45, 2.75) is 59.3 Å². The molecule has 5 aromatic rings. The average Bonchev–Trinajstić information content (AvgIpc) is 3.59. The molecule has 0 N–H and O–H groups in total. The third-order valence-electron chi connectivity index (χ3n) is 7.94. The minimum Gasteiger partial charge on any atom is -0.330 e. The van der Waals surface area contributed by atoms with E-state index >= 15 is 0 Å². The van der Waals surface area contributed by atoms with Gasteiger partial charge < -0.3 is 4.90 Å². The zero-order valence-corrected chi connectivity index (χ0v) is 26.1. The van der Waals surface area contributed by atoms with Gasteiger partial charge in [0, 0.05) is 33.4 Å². The average molecular weight is 668 g/mol. The molecular weight excluding hydrogens is 637 g/mol. The summed E-state index contributed by atoms with van der Waals surface area (Å²) in [7, 11) is 0. The number of nitrogens with zero attached hydrogens (tertiary/aromatic N) is 6. The van der Waals surface area contributed by atoms with E-state index in [4.69, 9.17) is 0 Å². The van der Waals surface area contributed by atoms with Gasteiger partial charge in [-0.3, -0.25) is 14.2 Å². The summed E-state index contributed by atoms with van der Waals surface area (Å²) in [5.74, 6) is -0.260. The second-order valence-corrected chi connectivity index (χ2v) is 12.6. The normalized spacial score (nSPS) is 15.3. The fourth-order valence-electron chi connectivity index (χ4n) is 5.83. The molecule has 8 nitrogen and oxygen atoms in total. The van der Waals surface area contributed by atoms with Gasteiger partial charge in [-0.15, -0.1) is 0 Å². The number of aryl methyl sites for hydroxylation is 1. The van der Waals surface area contributed by atoms with E-state index in [1.807, 2.05) is 37.4 Å². The molecule has 0 fully saturated rings. The van der Waals surface area contributed by atoms with Gasteiger partial charge in [-0.1, -0.05) is 29.8 Å². The van der Waals surface area contributed by atoms with Crippen LogP contribution in [0.5, 0.6) is 0 Å². The van der Waals surface area contributed by atoms with Crippen LogP contribution >= 0.6 is 15.9 Å². The molecular formula is C32H30BrF3N6O2. The Balaban J connectivity index is 1.46. The van der Waals surface area contributed by atoms with Gasteiger partial charge in [0.25, 0.3) is 11.5 Å². The lowest BCUT2D eigenvalue weighted by Crippen LogP contribution is -2.46. The molecule has 1 aliphatic rings. The first-order valence-electron chi connectivity index (χ1n) is 14.3. The van der Waals surface area contributed by atoms with Crippen LogP contribution in [-0.2, 0) is 25.6 Å². The second-order valence-electron chi connectivity index (χ2n) is 11.7. The van der Waals surface area contributed by atoms with Gasteiger partial charge in [0.15, 0.2) is 0 Å². The maximum Gasteiger partial charge on any atom is 0.417 e. The summed E-state index contributed by atoms with van der Waals surface area (Å²) in [4.78, 5) is 29.4. The monoisotopic (exact) mass is 666 g/mol. The first-order valence-corrected chi connectivity index (χ1v) is 15.1. The highest BCUT2D eigenvalue weighted by molar-refractivity contribution is 9.10. The SMILES string of the molecule is Cc1cnn(-c2ccc(-n3c(=O)c4c(n5ncc(CC(C)C)c35)CN(C(=O)c3ccc(Br)c(C(F)(F)F)c3)[C@H](C)C4)cc2)c1. The van der Waals surface area contributed by atoms with Crippen LogP contribution in [0.2, 0.25) is 0 Å². The molecule has 2 aromatic carbocycles. The predicted molar refractivity (Wildman–Crippen MR) is 163 cm³/mol. The number of carbonyl (C=O) groups is 1. The number of hydrogen-bond acceptors (Lipinski definition) is 4. The summed E-state index contributed by atoms with van der Waals surface area (Å²) >= 11 is 2.94. The number of benzene rings is 2. The van der Waals surface area contributed by atoms with E-state index < -0.39 is 23.7 Å². The van der Waals surface area contributed by atoms with Gasteiger partial charge in [0.05, 0.1) is 41.6 Å². The molecule has 228 valence electrons. The van der Waals surface area contributed by atoms with Crippen LogP contribution in [0.4, 0.5) is 13.2 Å². The van der Waals surface area contributed by atoms with Gasteiger partial charge in [-0.05, 0) is 80.6 Å². The molecule has 6 rings (SSSR count). The Morgan fingerprint density at radius 2 is 1.77 bits per heavy atom. The highest BCUT2D eigenvalue weighted by atomic mass is 79.9. The van der Waals surface area contributed by atoms with Crippen molar-refractivity contribution in [3.63, 3.8) is 0 Å². The van der Waals surface area contributed by atoms with Crippen LogP contribution in [-0.4, -0.2) is 40.8 Å². The molecule has 1 atom stereocenters. The van der Waals surface area contributed by atoms with Crippen LogP contribution in [0.1, 0.15) is 59.1 Å². The minimum absolute atomic E-state index is 0.0275. The Labute approximate surface area is 259 Å². The molecule has 0 aliphatic carbocycles. The molecule has 4 heterocycles. The van der Waals surface area contributed by atoms with E-state index in [-0.39, 0.29) is 34.5 Å². The summed E-state index contributed by atoms with van der Waals surface area (Å²) in [6.45, 7) is 7.96. The van der Waals surface area contributed by atoms with Crippen molar-refractivity contribution in [2.75, 3.05) is 0 Å². The van der Waals surface area contributed by atoms with Gasteiger partial charge in [0.2, 0.25) is 0 Å². The lowest BCUT2D eigenvalue weighted by Gasteiger charge is -2.35. The van der Waals surface area contributed by atoms with Crippen LogP contribution in [0.15, 0.2) is 70.3 Å². The third-order valence-corrected chi connectivity index (χ3v) is 8.63. The summed E-state index contributed by atoms with van der Waals surface area (Å²) in [5, 5.41) is 9.05. The molecule has 12 heteroatoms. The largest absolute Gasteiger partial charge is 0.417 e. The van der Waals surface area contributed by atoms with Crippen molar-refractivity contribution >= 4 is 27.5 Å². The highest BCUT2D eigenvalue weighted by Gasteiger charge is 2.36. The number of halogens is 4. The van der Waals surface area contributed by atoms with Gasteiger partial charge >= 0.3 is 6.18 Å². The smallest absolute Gasteiger partial charge is 0.330 e. The maximum atomic E-state index is 14.3. The number of hydrogen-bond donors (Lipinski definition) is 0. The number of fused-ring (bicyclic) bond motifs is 3. The zero-order valence-electron chi connectivity index (χ0n) is 24.6. The Morgan fingerprint density at radius 1 is 1.07 bits per heavy atom. The molecule has 0 radical (unpaired) electrons. The standard InChI is InChI=1S/C32H30BrF3N6O2/c1-18(2)11-22-15-38-42-28-17-39(30(43)21-5-10-27(33)26(13-21)32(34,35)36)20(4)12-25(28)31(44)41(29(22)42)24-8-6-23(7-9-24)40-16-19(3)14-37-40/h5-10,13-16,18,20H,11-12,17H2,1-4H3/t20-/m1/s1. The van der Waals surface area contributed by atoms with E-state index in [0.29, 0.717) is 29.0 Å².